The molecule has 0 radical (unpaired) electrons. The zero-order valence-corrected chi connectivity index (χ0v) is 9.37. The largest absolute Gasteiger partial charge is 0.482 e. The molecule has 0 aliphatic heterocycles. The number of hydrogen-bond acceptors (Lipinski definition) is 3. The highest BCUT2D eigenvalue weighted by Crippen LogP contribution is 2.23. The number of imidazole rings is 1. The molecule has 3 aromatic rings. The summed E-state index contributed by atoms with van der Waals surface area (Å²) < 4.78 is 7.32. The van der Waals surface area contributed by atoms with Gasteiger partial charge in [-0.2, -0.15) is 0 Å². The maximum atomic E-state index is 5.35. The van der Waals surface area contributed by atoms with E-state index in [4.69, 9.17) is 4.74 Å². The number of rotatable bonds is 2. The Kier molecular flexibility index (Phi) is 2.26. The van der Waals surface area contributed by atoms with Crippen LogP contribution in [0.15, 0.2) is 48.9 Å². The van der Waals surface area contributed by atoms with E-state index in [0.29, 0.717) is 0 Å². The Hall–Kier alpha value is -2.36. The molecule has 0 atom stereocenters. The van der Waals surface area contributed by atoms with Gasteiger partial charge in [-0.1, -0.05) is 6.07 Å². The van der Waals surface area contributed by atoms with E-state index >= 15 is 0 Å². The number of fused-ring (bicyclic) bond motifs is 1. The lowest BCUT2D eigenvalue weighted by Gasteiger charge is -2.06. The van der Waals surface area contributed by atoms with Crippen molar-refractivity contribution in [3.05, 3.63) is 48.9 Å². The minimum Gasteiger partial charge on any atom is -0.482 e. The molecule has 0 aliphatic rings. The summed E-state index contributed by atoms with van der Waals surface area (Å²) in [6.45, 7) is 0. The molecule has 84 valence electrons. The molecule has 0 saturated heterocycles. The molecular weight excluding hydrogens is 214 g/mol. The Bertz CT molecular complexity index is 646. The molecule has 0 N–H and O–H groups in total. The topological polar surface area (TPSA) is 39.4 Å². The van der Waals surface area contributed by atoms with E-state index in [9.17, 15) is 0 Å². The molecule has 3 aromatic heterocycles. The fraction of sp³-hybridized carbons (Fsp3) is 0.0769. The van der Waals surface area contributed by atoms with Crippen LogP contribution < -0.4 is 4.74 Å². The van der Waals surface area contributed by atoms with Crippen LogP contribution >= 0.6 is 0 Å². The molecule has 0 aromatic carbocycles. The van der Waals surface area contributed by atoms with Crippen molar-refractivity contribution in [2.75, 3.05) is 7.11 Å². The van der Waals surface area contributed by atoms with Gasteiger partial charge >= 0.3 is 0 Å². The Balaban J connectivity index is 2.31. The van der Waals surface area contributed by atoms with Crippen LogP contribution in [-0.4, -0.2) is 21.5 Å². The minimum atomic E-state index is 0.763. The maximum Gasteiger partial charge on any atom is 0.199 e. The van der Waals surface area contributed by atoms with Gasteiger partial charge in [0.25, 0.3) is 0 Å². The number of pyridine rings is 2. The lowest BCUT2D eigenvalue weighted by molar-refractivity contribution is 0.393. The highest BCUT2D eigenvalue weighted by Gasteiger charge is 2.09. The summed E-state index contributed by atoms with van der Waals surface area (Å²) >= 11 is 0. The maximum absolute atomic E-state index is 5.35. The molecule has 3 rings (SSSR count). The SMILES string of the molecule is COc1cccc2cnc(-c3cccnc3)n12. The van der Waals surface area contributed by atoms with Gasteiger partial charge in [-0.3, -0.25) is 9.38 Å². The third kappa shape index (κ3) is 1.54. The summed E-state index contributed by atoms with van der Waals surface area (Å²) in [6.07, 6.45) is 5.36. The molecular formula is C13H11N3O. The fourth-order valence-corrected chi connectivity index (χ4v) is 1.88. The van der Waals surface area contributed by atoms with Crippen LogP contribution in [0.3, 0.4) is 0 Å². The van der Waals surface area contributed by atoms with Crippen LogP contribution in [0.25, 0.3) is 16.9 Å². The van der Waals surface area contributed by atoms with Crippen molar-refractivity contribution in [1.82, 2.24) is 14.4 Å². The average Bonchev–Trinajstić information content (AvgIpc) is 2.83. The molecule has 0 spiro atoms. The van der Waals surface area contributed by atoms with Gasteiger partial charge in [-0.15, -0.1) is 0 Å². The van der Waals surface area contributed by atoms with Crippen LogP contribution in [0.1, 0.15) is 0 Å². The first-order valence-corrected chi connectivity index (χ1v) is 5.31. The van der Waals surface area contributed by atoms with Crippen molar-refractivity contribution >= 4 is 5.52 Å². The Labute approximate surface area is 98.5 Å². The van der Waals surface area contributed by atoms with E-state index in [1.54, 1.807) is 19.5 Å². The van der Waals surface area contributed by atoms with Crippen LogP contribution in [0.2, 0.25) is 0 Å². The van der Waals surface area contributed by atoms with Crippen LogP contribution in [0.4, 0.5) is 0 Å². The number of ether oxygens (including phenoxy) is 1. The Morgan fingerprint density at radius 1 is 1.12 bits per heavy atom. The standard InChI is InChI=1S/C13H11N3O/c1-17-12-6-2-5-11-9-15-13(16(11)12)10-4-3-7-14-8-10/h2-9H,1H3. The third-order valence-corrected chi connectivity index (χ3v) is 2.64. The number of methoxy groups -OCH3 is 1. The molecule has 0 aliphatic carbocycles. The second-order valence-electron chi connectivity index (χ2n) is 3.65. The molecule has 4 heteroatoms. The normalized spacial score (nSPS) is 10.6. The Morgan fingerprint density at radius 2 is 2.06 bits per heavy atom. The molecule has 0 unspecified atom stereocenters. The second-order valence-corrected chi connectivity index (χ2v) is 3.65. The van der Waals surface area contributed by atoms with Gasteiger partial charge in [-0.25, -0.2) is 4.98 Å². The lowest BCUT2D eigenvalue weighted by Crippen LogP contribution is -1.96. The molecule has 0 amide bonds. The van der Waals surface area contributed by atoms with Crippen molar-refractivity contribution in [3.63, 3.8) is 0 Å². The molecule has 4 nitrogen and oxygen atoms in total. The number of hydrogen-bond donors (Lipinski definition) is 0. The molecule has 17 heavy (non-hydrogen) atoms. The quantitative estimate of drug-likeness (QED) is 0.672. The zero-order valence-electron chi connectivity index (χ0n) is 9.37. The summed E-state index contributed by atoms with van der Waals surface area (Å²) in [5.74, 6) is 1.60. The van der Waals surface area contributed by atoms with E-state index in [1.165, 1.54) is 0 Å². The van der Waals surface area contributed by atoms with Gasteiger partial charge in [0.15, 0.2) is 5.88 Å². The monoisotopic (exact) mass is 225 g/mol. The summed E-state index contributed by atoms with van der Waals surface area (Å²) in [5.41, 5.74) is 1.97. The zero-order chi connectivity index (χ0) is 11.7. The van der Waals surface area contributed by atoms with E-state index < -0.39 is 0 Å². The first kappa shape index (κ1) is 9.84. The van der Waals surface area contributed by atoms with E-state index in [-0.39, 0.29) is 0 Å². The van der Waals surface area contributed by atoms with Gasteiger partial charge in [0.05, 0.1) is 18.8 Å². The van der Waals surface area contributed by atoms with Gasteiger partial charge < -0.3 is 4.74 Å². The Morgan fingerprint density at radius 3 is 2.82 bits per heavy atom. The lowest BCUT2D eigenvalue weighted by atomic mass is 10.3. The third-order valence-electron chi connectivity index (χ3n) is 2.64. The number of nitrogens with zero attached hydrogens (tertiary/aromatic N) is 3. The summed E-state index contributed by atoms with van der Waals surface area (Å²) in [5, 5.41) is 0. The summed E-state index contributed by atoms with van der Waals surface area (Å²) in [7, 11) is 1.65. The van der Waals surface area contributed by atoms with Crippen LogP contribution in [-0.2, 0) is 0 Å². The minimum absolute atomic E-state index is 0.763. The van der Waals surface area contributed by atoms with Gasteiger partial charge in [0, 0.05) is 18.0 Å². The van der Waals surface area contributed by atoms with Crippen molar-refractivity contribution in [3.8, 4) is 17.3 Å². The summed E-state index contributed by atoms with van der Waals surface area (Å²) in [6, 6.07) is 9.73. The smallest absolute Gasteiger partial charge is 0.199 e. The average molecular weight is 225 g/mol. The van der Waals surface area contributed by atoms with Gasteiger partial charge in [0.2, 0.25) is 0 Å². The predicted molar refractivity (Wildman–Crippen MR) is 65.0 cm³/mol. The van der Waals surface area contributed by atoms with Crippen LogP contribution in [0.5, 0.6) is 5.88 Å². The first-order valence-electron chi connectivity index (χ1n) is 5.31. The van der Waals surface area contributed by atoms with Crippen molar-refractivity contribution in [1.29, 1.82) is 0 Å². The van der Waals surface area contributed by atoms with Gasteiger partial charge in [0.1, 0.15) is 5.82 Å². The predicted octanol–water partition coefficient (Wildman–Crippen LogP) is 2.40. The fourth-order valence-electron chi connectivity index (χ4n) is 1.88. The number of aromatic nitrogens is 3. The van der Waals surface area contributed by atoms with Crippen molar-refractivity contribution < 1.29 is 4.74 Å². The molecule has 3 heterocycles. The summed E-state index contributed by atoms with van der Waals surface area (Å²) in [4.78, 5) is 8.53. The van der Waals surface area contributed by atoms with Crippen molar-refractivity contribution in [2.45, 2.75) is 0 Å². The molecule has 0 fully saturated rings. The van der Waals surface area contributed by atoms with Gasteiger partial charge in [-0.05, 0) is 24.3 Å². The van der Waals surface area contributed by atoms with E-state index in [1.807, 2.05) is 40.9 Å². The van der Waals surface area contributed by atoms with E-state index in [0.717, 1.165) is 22.8 Å². The van der Waals surface area contributed by atoms with Crippen molar-refractivity contribution in [2.24, 2.45) is 0 Å². The second kappa shape index (κ2) is 3.90. The van der Waals surface area contributed by atoms with Crippen LogP contribution in [0, 0.1) is 0 Å². The first-order chi connectivity index (χ1) is 8.40. The molecule has 0 bridgehead atoms. The molecule has 0 saturated carbocycles. The van der Waals surface area contributed by atoms with E-state index in [2.05, 4.69) is 9.97 Å². The highest BCUT2D eigenvalue weighted by molar-refractivity contribution is 5.63. The highest BCUT2D eigenvalue weighted by atomic mass is 16.5.